The van der Waals surface area contributed by atoms with Crippen molar-refractivity contribution >= 4 is 5.82 Å². The number of hydrogen-bond acceptors (Lipinski definition) is 3. The summed E-state index contributed by atoms with van der Waals surface area (Å²) in [7, 11) is 1.44. The molecule has 0 bridgehead atoms. The van der Waals surface area contributed by atoms with Crippen molar-refractivity contribution in [1.82, 2.24) is 10.2 Å². The topological polar surface area (TPSA) is 37.8 Å². The summed E-state index contributed by atoms with van der Waals surface area (Å²) in [4.78, 5) is 0. The monoisotopic (exact) mass is 227 g/mol. The van der Waals surface area contributed by atoms with E-state index >= 15 is 0 Å². The van der Waals surface area contributed by atoms with Crippen LogP contribution in [0.4, 0.5) is 27.8 Å². The van der Waals surface area contributed by atoms with Crippen LogP contribution in [-0.2, 0) is 5.92 Å². The summed E-state index contributed by atoms with van der Waals surface area (Å²) >= 11 is 0. The van der Waals surface area contributed by atoms with Gasteiger partial charge >= 0.3 is 12.1 Å². The molecule has 0 aliphatic heterocycles. The molecule has 0 atom stereocenters. The van der Waals surface area contributed by atoms with Gasteiger partial charge < -0.3 is 5.32 Å². The first-order valence-electron chi connectivity index (χ1n) is 3.75. The first-order valence-corrected chi connectivity index (χ1v) is 3.75. The molecular formula is C7H6F5N3. The van der Waals surface area contributed by atoms with Crippen LogP contribution in [0, 0.1) is 0 Å². The maximum absolute atomic E-state index is 12.7. The highest BCUT2D eigenvalue weighted by Gasteiger charge is 2.60. The number of aromatic nitrogens is 2. The number of alkyl halides is 5. The van der Waals surface area contributed by atoms with Gasteiger partial charge in [0.15, 0.2) is 0 Å². The van der Waals surface area contributed by atoms with Crippen molar-refractivity contribution in [3.8, 4) is 0 Å². The minimum atomic E-state index is -5.66. The molecule has 0 radical (unpaired) electrons. The second-order valence-electron chi connectivity index (χ2n) is 2.63. The number of hydrogen-bond donors (Lipinski definition) is 1. The Bertz CT molecular complexity index is 331. The summed E-state index contributed by atoms with van der Waals surface area (Å²) < 4.78 is 60.9. The molecule has 0 saturated carbocycles. The minimum absolute atomic E-state index is 0.108. The quantitative estimate of drug-likeness (QED) is 0.787. The van der Waals surface area contributed by atoms with Gasteiger partial charge in [0.2, 0.25) is 0 Å². The molecule has 1 N–H and O–H groups in total. The van der Waals surface area contributed by atoms with Gasteiger partial charge in [-0.15, -0.1) is 10.2 Å². The molecule has 0 saturated heterocycles. The van der Waals surface area contributed by atoms with Crippen LogP contribution in [0.15, 0.2) is 12.1 Å². The predicted molar refractivity (Wildman–Crippen MR) is 41.5 cm³/mol. The zero-order chi connectivity index (χ0) is 11.7. The lowest BCUT2D eigenvalue weighted by Gasteiger charge is -2.18. The Kier molecular flexibility index (Phi) is 2.78. The summed E-state index contributed by atoms with van der Waals surface area (Å²) in [5, 5.41) is 8.39. The van der Waals surface area contributed by atoms with Crippen molar-refractivity contribution < 1.29 is 22.0 Å². The summed E-state index contributed by atoms with van der Waals surface area (Å²) in [5.74, 6) is -4.87. The Hall–Kier alpha value is -1.47. The number of halogens is 5. The fourth-order valence-corrected chi connectivity index (χ4v) is 0.778. The van der Waals surface area contributed by atoms with Gasteiger partial charge in [-0.3, -0.25) is 0 Å². The van der Waals surface area contributed by atoms with E-state index in [0.717, 1.165) is 6.07 Å². The molecule has 0 aliphatic rings. The van der Waals surface area contributed by atoms with Crippen LogP contribution in [0.3, 0.4) is 0 Å². The average molecular weight is 227 g/mol. The summed E-state index contributed by atoms with van der Waals surface area (Å²) in [6.45, 7) is 0. The smallest absolute Gasteiger partial charge is 0.372 e. The molecule has 84 valence electrons. The van der Waals surface area contributed by atoms with Gasteiger partial charge in [-0.25, -0.2) is 0 Å². The summed E-state index contributed by atoms with van der Waals surface area (Å²) in [6, 6.07) is 1.56. The summed E-state index contributed by atoms with van der Waals surface area (Å²) in [6.07, 6.45) is -5.66. The Morgan fingerprint density at radius 2 is 1.67 bits per heavy atom. The lowest BCUT2D eigenvalue weighted by atomic mass is 10.2. The molecule has 0 spiro atoms. The lowest BCUT2D eigenvalue weighted by molar-refractivity contribution is -0.291. The maximum Gasteiger partial charge on any atom is 0.459 e. The molecule has 0 aromatic carbocycles. The van der Waals surface area contributed by atoms with Gasteiger partial charge in [0.05, 0.1) is 0 Å². The Morgan fingerprint density at radius 3 is 2.00 bits per heavy atom. The van der Waals surface area contributed by atoms with Crippen LogP contribution in [0.2, 0.25) is 0 Å². The van der Waals surface area contributed by atoms with E-state index in [9.17, 15) is 22.0 Å². The zero-order valence-electron chi connectivity index (χ0n) is 7.44. The van der Waals surface area contributed by atoms with Crippen LogP contribution >= 0.6 is 0 Å². The average Bonchev–Trinajstić information content (AvgIpc) is 2.16. The van der Waals surface area contributed by atoms with Crippen LogP contribution in [0.1, 0.15) is 5.69 Å². The number of nitrogens with one attached hydrogen (secondary N) is 1. The third kappa shape index (κ3) is 2.13. The highest BCUT2D eigenvalue weighted by molar-refractivity contribution is 5.32. The lowest BCUT2D eigenvalue weighted by Crippen LogP contribution is -2.34. The van der Waals surface area contributed by atoms with Crippen molar-refractivity contribution in [2.45, 2.75) is 12.1 Å². The molecule has 0 unspecified atom stereocenters. The predicted octanol–water partition coefficient (Wildman–Crippen LogP) is 2.17. The van der Waals surface area contributed by atoms with Crippen LogP contribution in [0.5, 0.6) is 0 Å². The fraction of sp³-hybridized carbons (Fsp3) is 0.429. The van der Waals surface area contributed by atoms with Crippen molar-refractivity contribution in [3.63, 3.8) is 0 Å². The van der Waals surface area contributed by atoms with E-state index in [0.29, 0.717) is 6.07 Å². The van der Waals surface area contributed by atoms with Gasteiger partial charge in [0.1, 0.15) is 11.5 Å². The number of anilines is 1. The fourth-order valence-electron chi connectivity index (χ4n) is 0.778. The highest BCUT2D eigenvalue weighted by atomic mass is 19.4. The van der Waals surface area contributed by atoms with E-state index in [1.807, 2.05) is 0 Å². The van der Waals surface area contributed by atoms with E-state index < -0.39 is 17.8 Å². The van der Waals surface area contributed by atoms with Crippen LogP contribution < -0.4 is 5.32 Å². The van der Waals surface area contributed by atoms with Crippen molar-refractivity contribution in [2.24, 2.45) is 0 Å². The van der Waals surface area contributed by atoms with Crippen molar-refractivity contribution in [2.75, 3.05) is 12.4 Å². The first kappa shape index (κ1) is 11.6. The standard InChI is InChI=1S/C7H6F5N3/c1-13-5-3-2-4(14-15-5)6(8,9)7(10,11)12/h2-3H,1H3,(H,13,15). The van der Waals surface area contributed by atoms with Crippen molar-refractivity contribution in [3.05, 3.63) is 17.8 Å². The zero-order valence-corrected chi connectivity index (χ0v) is 7.44. The van der Waals surface area contributed by atoms with E-state index in [1.165, 1.54) is 7.05 Å². The second-order valence-corrected chi connectivity index (χ2v) is 2.63. The first-order chi connectivity index (χ1) is 6.79. The Labute approximate surface area is 81.3 Å². The Morgan fingerprint density at radius 1 is 1.07 bits per heavy atom. The third-order valence-corrected chi connectivity index (χ3v) is 1.60. The van der Waals surface area contributed by atoms with Gasteiger partial charge in [0.25, 0.3) is 0 Å². The molecular weight excluding hydrogens is 221 g/mol. The minimum Gasteiger partial charge on any atom is -0.372 e. The molecule has 1 aromatic heterocycles. The van der Waals surface area contributed by atoms with Crippen LogP contribution in [0.25, 0.3) is 0 Å². The van der Waals surface area contributed by atoms with E-state index in [2.05, 4.69) is 15.5 Å². The molecule has 1 aromatic rings. The largest absolute Gasteiger partial charge is 0.459 e. The molecule has 15 heavy (non-hydrogen) atoms. The second kappa shape index (κ2) is 3.59. The molecule has 8 heteroatoms. The molecule has 1 rings (SSSR count). The molecule has 3 nitrogen and oxygen atoms in total. The van der Waals surface area contributed by atoms with Gasteiger partial charge in [-0.1, -0.05) is 0 Å². The van der Waals surface area contributed by atoms with Crippen LogP contribution in [-0.4, -0.2) is 23.4 Å². The van der Waals surface area contributed by atoms with E-state index in [-0.39, 0.29) is 5.82 Å². The van der Waals surface area contributed by atoms with Crippen molar-refractivity contribution in [1.29, 1.82) is 0 Å². The van der Waals surface area contributed by atoms with E-state index in [4.69, 9.17) is 0 Å². The van der Waals surface area contributed by atoms with Gasteiger partial charge in [-0.2, -0.15) is 22.0 Å². The molecule has 0 fully saturated rings. The molecule has 0 aliphatic carbocycles. The normalized spacial score (nSPS) is 12.7. The number of nitrogens with zero attached hydrogens (tertiary/aromatic N) is 2. The third-order valence-electron chi connectivity index (χ3n) is 1.60. The van der Waals surface area contributed by atoms with E-state index in [1.54, 1.807) is 0 Å². The highest BCUT2D eigenvalue weighted by Crippen LogP contribution is 2.42. The maximum atomic E-state index is 12.7. The molecule has 1 heterocycles. The molecule has 0 amide bonds. The SMILES string of the molecule is CNc1ccc(C(F)(F)C(F)(F)F)nn1. The number of rotatable bonds is 2. The van der Waals surface area contributed by atoms with Gasteiger partial charge in [0, 0.05) is 7.05 Å². The summed E-state index contributed by atoms with van der Waals surface area (Å²) in [5.41, 5.74) is -1.42. The van der Waals surface area contributed by atoms with Gasteiger partial charge in [-0.05, 0) is 12.1 Å². The Balaban J connectivity index is 3.06.